The Bertz CT molecular complexity index is 1010. The molecule has 0 saturated heterocycles. The van der Waals surface area contributed by atoms with Crippen LogP contribution >= 0.6 is 11.6 Å². The van der Waals surface area contributed by atoms with Crippen LogP contribution in [-0.4, -0.2) is 27.8 Å². The fourth-order valence-corrected chi connectivity index (χ4v) is 3.80. The standard InChI is InChI=1S/C21H21ClN4O2/c1-13-16(5-3-7-18(13)22)17-6-4-12-26-19(17)23-21(25-26)24-20(27)14-8-10-15(28-2)11-9-14/h3,5,7-11,17H,4,6,12H2,1-2H3,(H,24,25,27). The van der Waals surface area contributed by atoms with E-state index in [1.807, 2.05) is 23.7 Å². The van der Waals surface area contributed by atoms with Crippen molar-refractivity contribution in [3.8, 4) is 5.75 Å². The summed E-state index contributed by atoms with van der Waals surface area (Å²) in [6.45, 7) is 2.82. The predicted molar refractivity (Wildman–Crippen MR) is 108 cm³/mol. The van der Waals surface area contributed by atoms with E-state index in [9.17, 15) is 4.79 Å². The van der Waals surface area contributed by atoms with Gasteiger partial charge in [-0.25, -0.2) is 4.68 Å². The minimum atomic E-state index is -0.249. The molecule has 0 bridgehead atoms. The second kappa shape index (κ2) is 7.64. The van der Waals surface area contributed by atoms with Crippen molar-refractivity contribution in [2.24, 2.45) is 0 Å². The molecule has 0 saturated carbocycles. The van der Waals surface area contributed by atoms with E-state index in [1.54, 1.807) is 31.4 Å². The lowest BCUT2D eigenvalue weighted by molar-refractivity contribution is 0.102. The largest absolute Gasteiger partial charge is 0.497 e. The van der Waals surface area contributed by atoms with Gasteiger partial charge >= 0.3 is 0 Å². The molecule has 2 heterocycles. The number of rotatable bonds is 4. The van der Waals surface area contributed by atoms with Crippen LogP contribution in [0.3, 0.4) is 0 Å². The first-order valence-corrected chi connectivity index (χ1v) is 9.60. The maximum Gasteiger partial charge on any atom is 0.258 e. The van der Waals surface area contributed by atoms with Crippen LogP contribution in [0.25, 0.3) is 0 Å². The average Bonchev–Trinajstić information content (AvgIpc) is 3.12. The second-order valence-electron chi connectivity index (χ2n) is 6.85. The molecule has 28 heavy (non-hydrogen) atoms. The molecule has 0 radical (unpaired) electrons. The number of nitrogens with zero attached hydrogens (tertiary/aromatic N) is 3. The van der Waals surface area contributed by atoms with Crippen molar-refractivity contribution in [2.75, 3.05) is 12.4 Å². The Morgan fingerprint density at radius 1 is 1.25 bits per heavy atom. The van der Waals surface area contributed by atoms with Crippen LogP contribution < -0.4 is 10.1 Å². The van der Waals surface area contributed by atoms with Gasteiger partial charge in [0.25, 0.3) is 5.91 Å². The van der Waals surface area contributed by atoms with Gasteiger partial charge < -0.3 is 4.74 Å². The minimum Gasteiger partial charge on any atom is -0.497 e. The molecule has 144 valence electrons. The molecule has 1 N–H and O–H groups in total. The highest BCUT2D eigenvalue weighted by atomic mass is 35.5. The highest BCUT2D eigenvalue weighted by Gasteiger charge is 2.27. The lowest BCUT2D eigenvalue weighted by Gasteiger charge is -2.24. The number of methoxy groups -OCH3 is 1. The number of aryl methyl sites for hydroxylation is 1. The lowest BCUT2D eigenvalue weighted by Crippen LogP contribution is -2.18. The number of carbonyl (C=O) groups is 1. The van der Waals surface area contributed by atoms with Crippen molar-refractivity contribution in [2.45, 2.75) is 32.2 Å². The number of hydrogen-bond donors (Lipinski definition) is 1. The lowest BCUT2D eigenvalue weighted by atomic mass is 9.88. The van der Waals surface area contributed by atoms with Crippen LogP contribution in [0, 0.1) is 6.92 Å². The third kappa shape index (κ3) is 3.47. The number of nitrogens with one attached hydrogen (secondary N) is 1. The average molecular weight is 397 g/mol. The van der Waals surface area contributed by atoms with Crippen LogP contribution in [0.4, 0.5) is 5.95 Å². The first-order chi connectivity index (χ1) is 13.6. The zero-order valence-electron chi connectivity index (χ0n) is 15.8. The highest BCUT2D eigenvalue weighted by Crippen LogP contribution is 2.36. The third-order valence-corrected chi connectivity index (χ3v) is 5.55. The van der Waals surface area contributed by atoms with Crippen LogP contribution in [0.1, 0.15) is 46.1 Å². The molecule has 6 nitrogen and oxygen atoms in total. The highest BCUT2D eigenvalue weighted by molar-refractivity contribution is 6.31. The van der Waals surface area contributed by atoms with Crippen molar-refractivity contribution < 1.29 is 9.53 Å². The summed E-state index contributed by atoms with van der Waals surface area (Å²) in [7, 11) is 1.59. The first-order valence-electron chi connectivity index (χ1n) is 9.22. The summed E-state index contributed by atoms with van der Waals surface area (Å²) in [5.41, 5.74) is 2.75. The van der Waals surface area contributed by atoms with E-state index in [-0.39, 0.29) is 11.8 Å². The van der Waals surface area contributed by atoms with Crippen LogP contribution in [0.5, 0.6) is 5.75 Å². The Balaban J connectivity index is 1.59. The molecule has 1 amide bonds. The Hall–Kier alpha value is -2.86. The van der Waals surface area contributed by atoms with Gasteiger partial charge in [-0.2, -0.15) is 4.98 Å². The number of hydrogen-bond acceptors (Lipinski definition) is 4. The minimum absolute atomic E-state index is 0.117. The molecule has 4 rings (SSSR count). The van der Waals surface area contributed by atoms with Crippen LogP contribution in [0.2, 0.25) is 5.02 Å². The van der Waals surface area contributed by atoms with Gasteiger partial charge in [-0.15, -0.1) is 5.10 Å². The number of fused-ring (bicyclic) bond motifs is 1. The quantitative estimate of drug-likeness (QED) is 0.708. The molecule has 1 unspecified atom stereocenters. The summed E-state index contributed by atoms with van der Waals surface area (Å²) in [5.74, 6) is 1.75. The second-order valence-corrected chi connectivity index (χ2v) is 7.26. The van der Waals surface area contributed by atoms with E-state index in [4.69, 9.17) is 16.3 Å². The molecule has 2 aromatic carbocycles. The topological polar surface area (TPSA) is 69.0 Å². The third-order valence-electron chi connectivity index (χ3n) is 5.14. The molecule has 0 fully saturated rings. The Labute approximate surface area is 168 Å². The van der Waals surface area contributed by atoms with E-state index >= 15 is 0 Å². The maximum absolute atomic E-state index is 12.5. The van der Waals surface area contributed by atoms with Crippen molar-refractivity contribution in [1.82, 2.24) is 14.8 Å². The monoisotopic (exact) mass is 396 g/mol. The Morgan fingerprint density at radius 3 is 2.79 bits per heavy atom. The van der Waals surface area contributed by atoms with Crippen molar-refractivity contribution >= 4 is 23.5 Å². The van der Waals surface area contributed by atoms with E-state index < -0.39 is 0 Å². The summed E-state index contributed by atoms with van der Waals surface area (Å²) in [5, 5.41) is 8.05. The number of halogens is 1. The Kier molecular flexibility index (Phi) is 5.05. The van der Waals surface area contributed by atoms with Gasteiger partial charge in [-0.05, 0) is 61.2 Å². The fourth-order valence-electron chi connectivity index (χ4n) is 3.62. The van der Waals surface area contributed by atoms with Gasteiger partial charge in [-0.1, -0.05) is 23.7 Å². The molecule has 1 atom stereocenters. The molecule has 0 aliphatic carbocycles. The molecule has 1 aliphatic heterocycles. The number of anilines is 1. The zero-order chi connectivity index (χ0) is 19.7. The van der Waals surface area contributed by atoms with E-state index in [1.165, 1.54) is 0 Å². The summed E-state index contributed by atoms with van der Waals surface area (Å²) >= 11 is 6.31. The SMILES string of the molecule is COc1ccc(C(=O)Nc2nc3n(n2)CCCC3c2cccc(Cl)c2C)cc1. The number of benzene rings is 2. The summed E-state index contributed by atoms with van der Waals surface area (Å²) in [6, 6.07) is 12.9. The van der Waals surface area contributed by atoms with E-state index in [0.29, 0.717) is 17.3 Å². The normalized spacial score (nSPS) is 15.8. The van der Waals surface area contributed by atoms with Gasteiger partial charge in [-0.3, -0.25) is 10.1 Å². The Morgan fingerprint density at radius 2 is 2.04 bits per heavy atom. The maximum atomic E-state index is 12.5. The number of ether oxygens (including phenoxy) is 1. The smallest absolute Gasteiger partial charge is 0.258 e. The molecule has 7 heteroatoms. The molecular formula is C21H21ClN4O2. The van der Waals surface area contributed by atoms with Gasteiger partial charge in [0.1, 0.15) is 11.6 Å². The summed E-state index contributed by atoms with van der Waals surface area (Å²) < 4.78 is 7.01. The summed E-state index contributed by atoms with van der Waals surface area (Å²) in [4.78, 5) is 17.1. The molecule has 0 spiro atoms. The van der Waals surface area contributed by atoms with Gasteiger partial charge in [0, 0.05) is 23.0 Å². The van der Waals surface area contributed by atoms with Crippen molar-refractivity contribution in [1.29, 1.82) is 0 Å². The molecule has 3 aromatic rings. The van der Waals surface area contributed by atoms with Crippen molar-refractivity contribution in [3.05, 3.63) is 70.0 Å². The van der Waals surface area contributed by atoms with Gasteiger partial charge in [0.05, 0.1) is 7.11 Å². The zero-order valence-corrected chi connectivity index (χ0v) is 16.5. The number of carbonyl (C=O) groups excluding carboxylic acids is 1. The molecule has 1 aromatic heterocycles. The molecule has 1 aliphatic rings. The number of amides is 1. The van der Waals surface area contributed by atoms with E-state index in [2.05, 4.69) is 21.5 Å². The van der Waals surface area contributed by atoms with Crippen molar-refractivity contribution in [3.63, 3.8) is 0 Å². The van der Waals surface area contributed by atoms with Crippen LogP contribution in [-0.2, 0) is 6.54 Å². The fraction of sp³-hybridized carbons (Fsp3) is 0.286. The summed E-state index contributed by atoms with van der Waals surface area (Å²) in [6.07, 6.45) is 1.98. The van der Waals surface area contributed by atoms with E-state index in [0.717, 1.165) is 41.4 Å². The predicted octanol–water partition coefficient (Wildman–Crippen LogP) is 4.43. The van der Waals surface area contributed by atoms with Crippen LogP contribution in [0.15, 0.2) is 42.5 Å². The number of aromatic nitrogens is 3. The van der Waals surface area contributed by atoms with Gasteiger partial charge in [0.15, 0.2) is 0 Å². The van der Waals surface area contributed by atoms with Gasteiger partial charge in [0.2, 0.25) is 5.95 Å². The first kappa shape index (κ1) is 18.5. The molecular weight excluding hydrogens is 376 g/mol.